The second-order valence-electron chi connectivity index (χ2n) is 18.6. The van der Waals surface area contributed by atoms with Gasteiger partial charge in [-0.3, -0.25) is 9.78 Å². The predicted octanol–water partition coefficient (Wildman–Crippen LogP) is 14.3. The molecule has 0 atom stereocenters. The van der Waals surface area contributed by atoms with Gasteiger partial charge < -0.3 is 9.52 Å². The Kier molecular flexibility index (Phi) is 14.1. The van der Waals surface area contributed by atoms with Gasteiger partial charge in [-0.05, 0) is 90.4 Å². The molecule has 1 aliphatic rings. The molecule has 1 radical (unpaired) electrons. The summed E-state index contributed by atoms with van der Waals surface area (Å²) in [5, 5.41) is 14.5. The van der Waals surface area contributed by atoms with Crippen molar-refractivity contribution in [3.63, 3.8) is 0 Å². The van der Waals surface area contributed by atoms with Gasteiger partial charge in [0.05, 0.1) is 5.76 Å². The molecule has 0 bridgehead atoms. The largest absolute Gasteiger partial charge is 0.512 e. The topological polar surface area (TPSA) is 63.3 Å². The third kappa shape index (κ3) is 9.15. The summed E-state index contributed by atoms with van der Waals surface area (Å²) in [6.07, 6.45) is 10.3. The van der Waals surface area contributed by atoms with Crippen molar-refractivity contribution < 1.29 is 34.4 Å². The van der Waals surface area contributed by atoms with Gasteiger partial charge in [0.25, 0.3) is 0 Å². The van der Waals surface area contributed by atoms with E-state index < -0.39 is 0 Å². The van der Waals surface area contributed by atoms with E-state index in [9.17, 15) is 9.90 Å². The molecular formula is C50H66IrNO3-. The number of benzene rings is 3. The van der Waals surface area contributed by atoms with E-state index in [1.165, 1.54) is 45.5 Å². The molecular weight excluding hydrogens is 855 g/mol. The number of nitrogens with zero attached hydrogens (tertiary/aromatic N) is 1. The normalized spacial score (nSPS) is 15.4. The first-order valence-corrected chi connectivity index (χ1v) is 20.7. The van der Waals surface area contributed by atoms with Crippen LogP contribution in [0.25, 0.3) is 44.0 Å². The van der Waals surface area contributed by atoms with Crippen LogP contribution in [0.4, 0.5) is 0 Å². The second kappa shape index (κ2) is 17.5. The standard InChI is InChI=1S/C37H42NO.C13H24O2.Ir/c1-22(2)18-24-20-28-27-14-17-38-32(25-19-23-12-10-11-13-26(23)29(21-25)35(3,4)5)34(27)39-33(28)31-30(24)36(6,7)15-16-37(31,8)9;1-5-10(6-2)12(14)9-13(15)11(7-3)8-4;/h10-14,17,20-22H,15-16,18H2,1-9H3;9-11,14H,5-8H2,1-4H3;/q-1;;/b;12-9-;. The van der Waals surface area contributed by atoms with Crippen LogP contribution in [0.15, 0.2) is 64.9 Å². The number of ketones is 1. The molecule has 0 spiro atoms. The zero-order chi connectivity index (χ0) is 39.7. The third-order valence-corrected chi connectivity index (χ3v) is 12.0. The van der Waals surface area contributed by atoms with Crippen LogP contribution in [0, 0.1) is 23.8 Å². The molecule has 5 heteroatoms. The number of aliphatic hydroxyl groups is 1. The molecule has 2 heterocycles. The molecule has 3 aromatic carbocycles. The van der Waals surface area contributed by atoms with Crippen molar-refractivity contribution in [3.05, 3.63) is 88.8 Å². The zero-order valence-corrected chi connectivity index (χ0v) is 38.3. The Morgan fingerprint density at radius 3 is 2.04 bits per heavy atom. The molecule has 0 unspecified atom stereocenters. The van der Waals surface area contributed by atoms with Gasteiger partial charge in [-0.2, -0.15) is 0 Å². The second-order valence-corrected chi connectivity index (χ2v) is 18.6. The maximum absolute atomic E-state index is 11.7. The Bertz CT molecular complexity index is 2150. The van der Waals surface area contributed by atoms with E-state index in [2.05, 4.69) is 111 Å². The molecule has 1 aliphatic carbocycles. The summed E-state index contributed by atoms with van der Waals surface area (Å²) in [7, 11) is 0. The Morgan fingerprint density at radius 2 is 1.45 bits per heavy atom. The molecule has 299 valence electrons. The fourth-order valence-electron chi connectivity index (χ4n) is 8.74. The maximum atomic E-state index is 11.7. The molecule has 5 aromatic rings. The van der Waals surface area contributed by atoms with E-state index in [4.69, 9.17) is 9.40 Å². The summed E-state index contributed by atoms with van der Waals surface area (Å²) in [4.78, 5) is 16.6. The van der Waals surface area contributed by atoms with Crippen LogP contribution >= 0.6 is 0 Å². The summed E-state index contributed by atoms with van der Waals surface area (Å²) in [5.41, 5.74) is 9.69. The number of furan rings is 1. The monoisotopic (exact) mass is 921 g/mol. The predicted molar refractivity (Wildman–Crippen MR) is 230 cm³/mol. The number of hydrogen-bond acceptors (Lipinski definition) is 4. The molecule has 0 saturated heterocycles. The van der Waals surface area contributed by atoms with E-state index >= 15 is 0 Å². The van der Waals surface area contributed by atoms with Crippen molar-refractivity contribution in [2.75, 3.05) is 0 Å². The first kappa shape index (κ1) is 44.4. The van der Waals surface area contributed by atoms with Crippen LogP contribution in [0.3, 0.4) is 0 Å². The number of allylic oxidation sites excluding steroid dienone is 2. The maximum Gasteiger partial charge on any atom is 0.162 e. The summed E-state index contributed by atoms with van der Waals surface area (Å²) in [5.74, 6) is 1.14. The molecule has 0 amide bonds. The number of rotatable bonds is 10. The van der Waals surface area contributed by atoms with Crippen molar-refractivity contribution in [2.24, 2.45) is 17.8 Å². The number of aromatic nitrogens is 1. The van der Waals surface area contributed by atoms with Crippen molar-refractivity contribution in [1.29, 1.82) is 0 Å². The van der Waals surface area contributed by atoms with Crippen LogP contribution in [0.1, 0.15) is 151 Å². The summed E-state index contributed by atoms with van der Waals surface area (Å²) < 4.78 is 6.98. The number of fused-ring (bicyclic) bond motifs is 6. The molecule has 0 aliphatic heterocycles. The van der Waals surface area contributed by atoms with Crippen LogP contribution in [-0.2, 0) is 47.6 Å². The van der Waals surface area contributed by atoms with Crippen LogP contribution in [0.5, 0.6) is 0 Å². The fourth-order valence-corrected chi connectivity index (χ4v) is 8.74. The van der Waals surface area contributed by atoms with E-state index in [-0.39, 0.29) is 59.7 Å². The average Bonchev–Trinajstić information content (AvgIpc) is 3.48. The zero-order valence-electron chi connectivity index (χ0n) is 35.9. The summed E-state index contributed by atoms with van der Waals surface area (Å²) in [6.45, 7) is 29.2. The van der Waals surface area contributed by atoms with Crippen LogP contribution in [-0.4, -0.2) is 15.9 Å². The number of aliphatic hydroxyl groups excluding tert-OH is 1. The summed E-state index contributed by atoms with van der Waals surface area (Å²) in [6, 6.07) is 19.1. The Balaban J connectivity index is 0.000000360. The van der Waals surface area contributed by atoms with Gasteiger partial charge >= 0.3 is 0 Å². The van der Waals surface area contributed by atoms with Gasteiger partial charge in [-0.15, -0.1) is 29.1 Å². The first-order chi connectivity index (χ1) is 25.4. The smallest absolute Gasteiger partial charge is 0.162 e. The average molecular weight is 921 g/mol. The molecule has 0 saturated carbocycles. The third-order valence-electron chi connectivity index (χ3n) is 12.0. The molecule has 0 fully saturated rings. The number of pyridine rings is 1. The van der Waals surface area contributed by atoms with Crippen molar-refractivity contribution in [2.45, 2.75) is 151 Å². The Hall–Kier alpha value is -3.27. The molecule has 55 heavy (non-hydrogen) atoms. The van der Waals surface area contributed by atoms with Gasteiger partial charge in [-0.25, -0.2) is 0 Å². The number of carbonyl (C=O) groups excluding carboxylic acids is 1. The van der Waals surface area contributed by atoms with Gasteiger partial charge in [0.1, 0.15) is 11.2 Å². The Labute approximate surface area is 345 Å². The van der Waals surface area contributed by atoms with Crippen LogP contribution < -0.4 is 0 Å². The molecule has 4 nitrogen and oxygen atoms in total. The Morgan fingerprint density at radius 1 is 0.855 bits per heavy atom. The van der Waals surface area contributed by atoms with E-state index in [1.807, 2.05) is 33.9 Å². The van der Waals surface area contributed by atoms with Crippen molar-refractivity contribution >= 4 is 38.5 Å². The van der Waals surface area contributed by atoms with E-state index in [1.54, 1.807) is 0 Å². The van der Waals surface area contributed by atoms with Crippen molar-refractivity contribution in [3.8, 4) is 11.3 Å². The molecule has 6 rings (SSSR count). The van der Waals surface area contributed by atoms with E-state index in [0.717, 1.165) is 71.7 Å². The molecule has 1 N–H and O–H groups in total. The summed E-state index contributed by atoms with van der Waals surface area (Å²) >= 11 is 0. The number of hydrogen-bond donors (Lipinski definition) is 1. The van der Waals surface area contributed by atoms with E-state index in [0.29, 0.717) is 5.92 Å². The quantitative estimate of drug-likeness (QED) is 0.0861. The van der Waals surface area contributed by atoms with Gasteiger partial charge in [-0.1, -0.05) is 119 Å². The SMILES string of the molecule is CC(C)Cc1cc2c(oc3c(-c4[c-]c5ccccc5c(C(C)(C)C)c4)nccc32)c2c1C(C)(C)CCC2(C)C.CCC(CC)C(=O)/C=C(\O)C(CC)CC.[Ir]. The minimum Gasteiger partial charge on any atom is -0.512 e. The first-order valence-electron chi connectivity index (χ1n) is 20.7. The minimum atomic E-state index is -0.00828. The molecule has 2 aromatic heterocycles. The minimum absolute atomic E-state index is 0. The van der Waals surface area contributed by atoms with Crippen LogP contribution in [0.2, 0.25) is 0 Å². The van der Waals surface area contributed by atoms with Gasteiger partial charge in [0.15, 0.2) is 5.78 Å². The van der Waals surface area contributed by atoms with Gasteiger partial charge in [0.2, 0.25) is 0 Å². The van der Waals surface area contributed by atoms with Gasteiger partial charge in [0, 0.05) is 66.2 Å². The number of carbonyl (C=O) groups is 1. The van der Waals surface area contributed by atoms with Crippen molar-refractivity contribution in [1.82, 2.24) is 4.98 Å². The fraction of sp³-hybridized carbons (Fsp3) is 0.520.